The molecule has 118 valence electrons. The van der Waals surface area contributed by atoms with E-state index in [1.54, 1.807) is 36.4 Å². The SMILES string of the molecule is C=CCNC(=O)c1ccccc1NC(=O)c1ccc(C)c(C)c1. The molecule has 0 heterocycles. The molecule has 2 rings (SSSR count). The standard InChI is InChI=1S/C19H20N2O2/c1-4-11-20-19(23)16-7-5-6-8-17(16)21-18(22)15-10-9-13(2)14(3)12-15/h4-10,12H,1,11H2,2-3H3,(H,20,23)(H,21,22). The monoisotopic (exact) mass is 308 g/mol. The summed E-state index contributed by atoms with van der Waals surface area (Å²) < 4.78 is 0. The molecular weight excluding hydrogens is 288 g/mol. The zero-order valence-electron chi connectivity index (χ0n) is 13.3. The number of hydrogen-bond donors (Lipinski definition) is 2. The minimum absolute atomic E-state index is 0.239. The molecule has 0 spiro atoms. The van der Waals surface area contributed by atoms with E-state index in [1.165, 1.54) is 0 Å². The molecule has 0 fully saturated rings. The Morgan fingerprint density at radius 2 is 1.78 bits per heavy atom. The summed E-state index contributed by atoms with van der Waals surface area (Å²) in [6.45, 7) is 7.90. The normalized spacial score (nSPS) is 10.0. The topological polar surface area (TPSA) is 58.2 Å². The molecule has 2 amide bonds. The van der Waals surface area contributed by atoms with Gasteiger partial charge in [0.1, 0.15) is 0 Å². The fraction of sp³-hybridized carbons (Fsp3) is 0.158. The predicted octanol–water partition coefficient (Wildman–Crippen LogP) is 3.47. The van der Waals surface area contributed by atoms with Crippen LogP contribution in [0.3, 0.4) is 0 Å². The summed E-state index contributed by atoms with van der Waals surface area (Å²) in [5, 5.41) is 5.52. The molecule has 0 radical (unpaired) electrons. The van der Waals surface area contributed by atoms with Crippen molar-refractivity contribution in [3.05, 3.63) is 77.4 Å². The lowest BCUT2D eigenvalue weighted by Crippen LogP contribution is -2.25. The quantitative estimate of drug-likeness (QED) is 0.831. The van der Waals surface area contributed by atoms with Gasteiger partial charge < -0.3 is 10.6 Å². The zero-order chi connectivity index (χ0) is 16.8. The molecule has 0 atom stereocenters. The summed E-state index contributed by atoms with van der Waals surface area (Å²) in [7, 11) is 0. The van der Waals surface area contributed by atoms with Crippen LogP contribution in [0.25, 0.3) is 0 Å². The van der Waals surface area contributed by atoms with E-state index >= 15 is 0 Å². The number of para-hydroxylation sites is 1. The maximum atomic E-state index is 12.4. The number of carbonyl (C=O) groups is 2. The van der Waals surface area contributed by atoms with Crippen LogP contribution < -0.4 is 10.6 Å². The van der Waals surface area contributed by atoms with E-state index in [0.29, 0.717) is 23.4 Å². The maximum absolute atomic E-state index is 12.4. The van der Waals surface area contributed by atoms with Crippen molar-refractivity contribution in [2.45, 2.75) is 13.8 Å². The van der Waals surface area contributed by atoms with Crippen molar-refractivity contribution in [3.63, 3.8) is 0 Å². The first kappa shape index (κ1) is 16.5. The van der Waals surface area contributed by atoms with E-state index < -0.39 is 0 Å². The Morgan fingerprint density at radius 1 is 1.04 bits per heavy atom. The van der Waals surface area contributed by atoms with Crippen LogP contribution in [0.4, 0.5) is 5.69 Å². The third-order valence-electron chi connectivity index (χ3n) is 3.60. The van der Waals surface area contributed by atoms with Gasteiger partial charge in [-0.2, -0.15) is 0 Å². The molecule has 2 aromatic carbocycles. The van der Waals surface area contributed by atoms with Crippen LogP contribution in [0, 0.1) is 13.8 Å². The van der Waals surface area contributed by atoms with Gasteiger partial charge in [-0.15, -0.1) is 6.58 Å². The Labute approximate surface area is 136 Å². The average Bonchev–Trinajstić information content (AvgIpc) is 2.55. The molecular formula is C19H20N2O2. The maximum Gasteiger partial charge on any atom is 0.255 e. The lowest BCUT2D eigenvalue weighted by atomic mass is 10.1. The summed E-state index contributed by atoms with van der Waals surface area (Å²) in [6, 6.07) is 12.4. The van der Waals surface area contributed by atoms with E-state index in [4.69, 9.17) is 0 Å². The van der Waals surface area contributed by atoms with Crippen LogP contribution in [0.2, 0.25) is 0 Å². The Bertz CT molecular complexity index is 751. The molecule has 0 saturated heterocycles. The summed E-state index contributed by atoms with van der Waals surface area (Å²) in [5.74, 6) is -0.488. The van der Waals surface area contributed by atoms with E-state index in [1.807, 2.05) is 26.0 Å². The first-order chi connectivity index (χ1) is 11.0. The first-order valence-corrected chi connectivity index (χ1v) is 7.39. The molecule has 2 N–H and O–H groups in total. The smallest absolute Gasteiger partial charge is 0.255 e. The zero-order valence-corrected chi connectivity index (χ0v) is 13.3. The highest BCUT2D eigenvalue weighted by Gasteiger charge is 2.13. The fourth-order valence-electron chi connectivity index (χ4n) is 2.13. The molecule has 4 heteroatoms. The molecule has 2 aromatic rings. The van der Waals surface area contributed by atoms with Gasteiger partial charge >= 0.3 is 0 Å². The van der Waals surface area contributed by atoms with Crippen LogP contribution >= 0.6 is 0 Å². The van der Waals surface area contributed by atoms with Crippen molar-refractivity contribution >= 4 is 17.5 Å². The van der Waals surface area contributed by atoms with Crippen molar-refractivity contribution in [2.75, 3.05) is 11.9 Å². The number of amides is 2. The summed E-state index contributed by atoms with van der Waals surface area (Å²) in [5.41, 5.74) is 3.65. The van der Waals surface area contributed by atoms with Crippen LogP contribution in [0.5, 0.6) is 0 Å². The molecule has 0 aromatic heterocycles. The van der Waals surface area contributed by atoms with Crippen molar-refractivity contribution in [2.24, 2.45) is 0 Å². The van der Waals surface area contributed by atoms with Crippen molar-refractivity contribution in [1.29, 1.82) is 0 Å². The van der Waals surface area contributed by atoms with E-state index in [2.05, 4.69) is 17.2 Å². The van der Waals surface area contributed by atoms with Crippen LogP contribution in [0.15, 0.2) is 55.1 Å². The number of anilines is 1. The summed E-state index contributed by atoms with van der Waals surface area (Å²) >= 11 is 0. The summed E-state index contributed by atoms with van der Waals surface area (Å²) in [6.07, 6.45) is 1.61. The van der Waals surface area contributed by atoms with Crippen LogP contribution in [0.1, 0.15) is 31.8 Å². The fourth-order valence-corrected chi connectivity index (χ4v) is 2.13. The minimum Gasteiger partial charge on any atom is -0.349 e. The predicted molar refractivity (Wildman–Crippen MR) is 92.8 cm³/mol. The molecule has 23 heavy (non-hydrogen) atoms. The highest BCUT2D eigenvalue weighted by molar-refractivity contribution is 6.09. The highest BCUT2D eigenvalue weighted by Crippen LogP contribution is 2.17. The van der Waals surface area contributed by atoms with Gasteiger partial charge in [-0.25, -0.2) is 0 Å². The second-order valence-electron chi connectivity index (χ2n) is 5.30. The van der Waals surface area contributed by atoms with Gasteiger partial charge in [0.2, 0.25) is 0 Å². The largest absolute Gasteiger partial charge is 0.349 e. The Kier molecular flexibility index (Phi) is 5.31. The van der Waals surface area contributed by atoms with Gasteiger partial charge in [0.05, 0.1) is 11.3 Å². The number of nitrogens with one attached hydrogen (secondary N) is 2. The van der Waals surface area contributed by atoms with E-state index in [9.17, 15) is 9.59 Å². The number of rotatable bonds is 5. The number of carbonyl (C=O) groups excluding carboxylic acids is 2. The number of aryl methyl sites for hydroxylation is 2. The second kappa shape index (κ2) is 7.40. The molecule has 0 unspecified atom stereocenters. The highest BCUT2D eigenvalue weighted by atomic mass is 16.2. The number of hydrogen-bond acceptors (Lipinski definition) is 2. The Morgan fingerprint density at radius 3 is 2.48 bits per heavy atom. The van der Waals surface area contributed by atoms with Gasteiger partial charge in [-0.3, -0.25) is 9.59 Å². The average molecular weight is 308 g/mol. The van der Waals surface area contributed by atoms with Gasteiger partial charge in [0, 0.05) is 12.1 Å². The molecule has 0 aliphatic heterocycles. The first-order valence-electron chi connectivity index (χ1n) is 7.39. The van der Waals surface area contributed by atoms with Gasteiger partial charge in [0.25, 0.3) is 11.8 Å². The molecule has 0 bridgehead atoms. The van der Waals surface area contributed by atoms with Crippen LogP contribution in [-0.2, 0) is 0 Å². The van der Waals surface area contributed by atoms with Crippen molar-refractivity contribution < 1.29 is 9.59 Å². The van der Waals surface area contributed by atoms with Gasteiger partial charge in [0.15, 0.2) is 0 Å². The van der Waals surface area contributed by atoms with Crippen LogP contribution in [-0.4, -0.2) is 18.4 Å². The van der Waals surface area contributed by atoms with Gasteiger partial charge in [-0.05, 0) is 49.2 Å². The van der Waals surface area contributed by atoms with E-state index in [0.717, 1.165) is 11.1 Å². The lowest BCUT2D eigenvalue weighted by Gasteiger charge is -2.11. The second-order valence-corrected chi connectivity index (χ2v) is 5.30. The Balaban J connectivity index is 2.22. The van der Waals surface area contributed by atoms with Crippen molar-refractivity contribution in [1.82, 2.24) is 5.32 Å². The molecule has 0 aliphatic rings. The molecule has 0 saturated carbocycles. The third-order valence-corrected chi connectivity index (χ3v) is 3.60. The van der Waals surface area contributed by atoms with E-state index in [-0.39, 0.29) is 11.8 Å². The van der Waals surface area contributed by atoms with Crippen molar-refractivity contribution in [3.8, 4) is 0 Å². The molecule has 0 aliphatic carbocycles. The summed E-state index contributed by atoms with van der Waals surface area (Å²) in [4.78, 5) is 24.5. The van der Waals surface area contributed by atoms with Gasteiger partial charge in [-0.1, -0.05) is 24.3 Å². The Hall–Kier alpha value is -2.88. The minimum atomic E-state index is -0.249. The lowest BCUT2D eigenvalue weighted by molar-refractivity contribution is 0.0959. The number of benzene rings is 2. The third kappa shape index (κ3) is 4.07. The molecule has 4 nitrogen and oxygen atoms in total.